The number of hydrogen-bond donors (Lipinski definition) is 3. The minimum atomic E-state index is -1.05. The van der Waals surface area contributed by atoms with Gasteiger partial charge in [-0.3, -0.25) is 20.2 Å². The molecule has 0 radical (unpaired) electrons. The number of rotatable bonds is 4. The average Bonchev–Trinajstić information content (AvgIpc) is 3.82. The summed E-state index contributed by atoms with van der Waals surface area (Å²) in [5.41, 5.74) is 1.92. The van der Waals surface area contributed by atoms with Crippen molar-refractivity contribution in [3.8, 4) is 0 Å². The molecule has 4 bridgehead atoms. The van der Waals surface area contributed by atoms with Crippen LogP contribution in [0.25, 0.3) is 0 Å². The van der Waals surface area contributed by atoms with Crippen LogP contribution in [0.3, 0.4) is 0 Å². The van der Waals surface area contributed by atoms with Crippen LogP contribution in [0, 0.1) is 0 Å². The maximum Gasteiger partial charge on any atom is 0.356 e. The summed E-state index contributed by atoms with van der Waals surface area (Å²) in [6.07, 6.45) is 10.8. The summed E-state index contributed by atoms with van der Waals surface area (Å²) < 4.78 is 11.6. The zero-order valence-electron chi connectivity index (χ0n) is 34.4. The number of amides is 2. The van der Waals surface area contributed by atoms with E-state index >= 15 is 0 Å². The number of carbonyl (C=O) groups is 2. The van der Waals surface area contributed by atoms with Crippen molar-refractivity contribution in [1.82, 2.24) is 29.9 Å². The van der Waals surface area contributed by atoms with Crippen LogP contribution in [0.2, 0.25) is 0 Å². The van der Waals surface area contributed by atoms with E-state index < -0.39 is 5.97 Å². The average molecular weight is 862 g/mol. The fraction of sp³-hybridized carbons (Fsp3) is 0.500. The van der Waals surface area contributed by atoms with Crippen LogP contribution in [0.1, 0.15) is 51.0 Å². The number of urea groups is 1. The van der Waals surface area contributed by atoms with Gasteiger partial charge in [0, 0.05) is 83.2 Å². The molecule has 6 aliphatic rings. The minimum absolute atomic E-state index is 0. The van der Waals surface area contributed by atoms with E-state index in [4.69, 9.17) is 24.5 Å². The molecule has 18 nitrogen and oxygen atoms in total. The lowest BCUT2D eigenvalue weighted by molar-refractivity contribution is -0.0282. The first-order chi connectivity index (χ1) is 27.9. The Hall–Kier alpha value is -5.18. The lowest BCUT2D eigenvalue weighted by Gasteiger charge is -2.40. The summed E-state index contributed by atoms with van der Waals surface area (Å²) in [5, 5.41) is 14.7. The predicted molar refractivity (Wildman–Crippen MR) is 241 cm³/mol. The number of carboxylic acids is 1. The van der Waals surface area contributed by atoms with E-state index in [1.807, 2.05) is 0 Å². The second-order valence-electron chi connectivity index (χ2n) is 16.4. The molecule has 6 aliphatic heterocycles. The summed E-state index contributed by atoms with van der Waals surface area (Å²) in [5.74, 6) is 3.09. The first-order valence-electron chi connectivity index (χ1n) is 19.8. The molecule has 2 atom stereocenters. The highest BCUT2D eigenvalue weighted by Gasteiger charge is 2.41. The van der Waals surface area contributed by atoms with Crippen LogP contribution < -0.4 is 35.1 Å². The summed E-state index contributed by atoms with van der Waals surface area (Å²) in [6, 6.07) is 8.97. The molecule has 0 aromatic carbocycles. The lowest BCUT2D eigenvalue weighted by Crippen LogP contribution is -2.50. The molecule has 0 unspecified atom stereocenters. The zero-order valence-corrected chi connectivity index (χ0v) is 36.4. The Morgan fingerprint density at radius 3 is 1.97 bits per heavy atom. The molecule has 0 spiro atoms. The zero-order chi connectivity index (χ0) is 40.4. The normalized spacial score (nSPS) is 21.2. The molecule has 20 heteroatoms. The Bertz CT molecular complexity index is 2100. The van der Waals surface area contributed by atoms with Crippen LogP contribution in [0.4, 0.5) is 45.3 Å². The first-order valence-corrected chi connectivity index (χ1v) is 19.8. The maximum absolute atomic E-state index is 13.2. The third-order valence-corrected chi connectivity index (χ3v) is 11.0. The number of ether oxygens (including phenoxy) is 2. The number of anilines is 7. The lowest BCUT2D eigenvalue weighted by atomic mass is 10.1. The molecule has 4 fully saturated rings. The maximum atomic E-state index is 13.2. The monoisotopic (exact) mass is 861 g/mol. The minimum Gasteiger partial charge on any atom is -0.476 e. The first kappa shape index (κ1) is 44.4. The Balaban J connectivity index is 0.000000169. The summed E-state index contributed by atoms with van der Waals surface area (Å²) in [7, 11) is 0. The molecule has 10 heterocycles. The topological polar surface area (TPSA) is 190 Å². The number of carboxylic acid groups (broad SMARTS) is 1. The van der Waals surface area contributed by atoms with Gasteiger partial charge in [-0.2, -0.15) is 27.0 Å². The fourth-order valence-electron chi connectivity index (χ4n) is 8.27. The number of morpholine rings is 2. The van der Waals surface area contributed by atoms with Gasteiger partial charge in [-0.25, -0.2) is 29.5 Å². The number of pyridine rings is 2. The Labute approximate surface area is 364 Å². The van der Waals surface area contributed by atoms with Crippen molar-refractivity contribution in [2.75, 3.05) is 101 Å². The van der Waals surface area contributed by atoms with Crippen molar-refractivity contribution in [2.45, 2.75) is 63.8 Å². The molecule has 3 N–H and O–H groups in total. The van der Waals surface area contributed by atoms with E-state index in [1.54, 1.807) is 23.5 Å². The van der Waals surface area contributed by atoms with Gasteiger partial charge >= 0.3 is 12.0 Å². The van der Waals surface area contributed by atoms with Crippen LogP contribution in [0.5, 0.6) is 0 Å². The van der Waals surface area contributed by atoms with Crippen LogP contribution in [-0.2, 0) is 9.47 Å². The van der Waals surface area contributed by atoms with Gasteiger partial charge in [0.05, 0.1) is 54.2 Å². The number of nitrogens with one attached hydrogen (secondary N) is 2. The highest BCUT2D eigenvalue weighted by atomic mass is 32.1. The largest absolute Gasteiger partial charge is 0.476 e. The van der Waals surface area contributed by atoms with E-state index in [9.17, 15) is 9.59 Å². The van der Waals surface area contributed by atoms with Gasteiger partial charge in [0.1, 0.15) is 11.6 Å². The van der Waals surface area contributed by atoms with Crippen LogP contribution in [-0.4, -0.2) is 136 Å². The highest BCUT2D eigenvalue weighted by Crippen LogP contribution is 2.41. The predicted octanol–water partition coefficient (Wildman–Crippen LogP) is 4.22. The number of aromatic carboxylic acids is 1. The van der Waals surface area contributed by atoms with Crippen LogP contribution in [0.15, 0.2) is 61.4 Å². The van der Waals surface area contributed by atoms with Gasteiger partial charge in [0.2, 0.25) is 0 Å². The molecular weight excluding hydrogens is 807 g/mol. The van der Waals surface area contributed by atoms with Crippen molar-refractivity contribution in [3.05, 3.63) is 67.1 Å². The second kappa shape index (κ2) is 18.6. The number of aromatic nitrogens is 6. The molecular formula is C40H55N13O5S2. The van der Waals surface area contributed by atoms with Crippen molar-refractivity contribution >= 4 is 79.5 Å². The van der Waals surface area contributed by atoms with Crippen molar-refractivity contribution in [3.63, 3.8) is 0 Å². The summed E-state index contributed by atoms with van der Waals surface area (Å²) in [6.45, 7) is 17.3. The quantitative estimate of drug-likeness (QED) is 0.264. The smallest absolute Gasteiger partial charge is 0.356 e. The van der Waals surface area contributed by atoms with Gasteiger partial charge in [0.15, 0.2) is 23.1 Å². The Morgan fingerprint density at radius 2 is 1.37 bits per heavy atom. The van der Waals surface area contributed by atoms with E-state index in [0.717, 1.165) is 88.5 Å². The van der Waals surface area contributed by atoms with Crippen molar-refractivity contribution in [1.29, 1.82) is 0 Å². The third-order valence-electron chi connectivity index (χ3n) is 11.0. The number of hydrogen-bond acceptors (Lipinski definition) is 15. The molecule has 2 amide bonds. The van der Waals surface area contributed by atoms with Crippen molar-refractivity contribution < 1.29 is 24.2 Å². The standard InChI is InChI=1S/C20H25N7O2.C15H22N4O.C5H4N2O2.2H2S/c1-20(2)13-26(9-10-29-20)17-4-3-15-18(24-17)27(14-5-8-25(15)12-14)19(28)23-16-11-21-6-7-22-16;1-15(2)10-19(7-8-20-15)13-4-3-12-14(17-13)16-11-5-6-18(12)9-11;8-5(9)4-3-6-1-2-7-4;;/h3-4,6-7,11,14H,5,8-10,12-13H2,1-2H3,(H,22,23,28);3-4,11H,5-10H2,1-2H3,(H,16,17);1-3H,(H,8,9);2*1H2/t14-;11-;;;/m00.../s1. The van der Waals surface area contributed by atoms with E-state index in [2.05, 4.69) is 102 Å². The third kappa shape index (κ3) is 10.0. The van der Waals surface area contributed by atoms with E-state index in [0.29, 0.717) is 24.3 Å². The van der Waals surface area contributed by atoms with Gasteiger partial charge in [-0.05, 0) is 64.8 Å². The Morgan fingerprint density at radius 1 is 0.750 bits per heavy atom. The molecule has 0 aliphatic carbocycles. The van der Waals surface area contributed by atoms with Gasteiger partial charge in [-0.15, -0.1) is 0 Å². The molecule has 60 heavy (non-hydrogen) atoms. The van der Waals surface area contributed by atoms with Crippen LogP contribution >= 0.6 is 27.0 Å². The summed E-state index contributed by atoms with van der Waals surface area (Å²) in [4.78, 5) is 59.4. The molecule has 322 valence electrons. The Kier molecular flexibility index (Phi) is 13.8. The number of fused-ring (bicyclic) bond motifs is 8. The highest BCUT2D eigenvalue weighted by molar-refractivity contribution is 7.59. The summed E-state index contributed by atoms with van der Waals surface area (Å²) >= 11 is 0. The van der Waals surface area contributed by atoms with Gasteiger partial charge in [-0.1, -0.05) is 0 Å². The molecule has 0 saturated carbocycles. The van der Waals surface area contributed by atoms with Gasteiger partial charge < -0.3 is 39.5 Å². The van der Waals surface area contributed by atoms with Gasteiger partial charge in [0.25, 0.3) is 0 Å². The molecule has 4 saturated heterocycles. The molecule has 10 rings (SSSR count). The molecule has 4 aromatic heterocycles. The van der Waals surface area contributed by atoms with E-state index in [-0.39, 0.29) is 56.0 Å². The van der Waals surface area contributed by atoms with Crippen molar-refractivity contribution in [2.24, 2.45) is 0 Å². The fourth-order valence-corrected chi connectivity index (χ4v) is 8.27. The molecule has 4 aromatic rings. The van der Waals surface area contributed by atoms with E-state index in [1.165, 1.54) is 30.7 Å². The number of carbonyl (C=O) groups excluding carboxylic acids is 1. The number of nitrogens with zero attached hydrogens (tertiary/aromatic N) is 11. The second-order valence-corrected chi connectivity index (χ2v) is 16.4. The SMILES string of the molecule is CC1(C)CN(c2ccc3c(n2)N(C(=O)Nc2cnccn2)[C@H]2CCN3C2)CCO1.CC1(C)CN(c2ccc3c(n2)N[C@H]2CCN3C2)CCO1.O=C(O)c1cnccn1.S.S.